The van der Waals surface area contributed by atoms with Crippen molar-refractivity contribution in [2.45, 2.75) is 40.0 Å². The zero-order valence-electron chi connectivity index (χ0n) is 13.0. The Morgan fingerprint density at radius 3 is 1.86 bits per heavy atom. The molecular formula is C18H23NO2. The third-order valence-corrected chi connectivity index (χ3v) is 5.22. The minimum absolute atomic E-state index is 0.0208. The molecule has 1 aromatic carbocycles. The van der Waals surface area contributed by atoms with Gasteiger partial charge in [-0.1, -0.05) is 31.5 Å². The predicted molar refractivity (Wildman–Crippen MR) is 82.8 cm³/mol. The molecule has 3 fully saturated rings. The topological polar surface area (TPSA) is 37.4 Å². The summed E-state index contributed by atoms with van der Waals surface area (Å²) in [4.78, 5) is 26.6. The largest absolute Gasteiger partial charge is 0.274 e. The highest BCUT2D eigenvalue weighted by Crippen LogP contribution is 2.56. The molecule has 0 spiro atoms. The molecule has 4 unspecified atom stereocenters. The number of fused-ring (bicyclic) bond motifs is 5. The second kappa shape index (κ2) is 5.28. The van der Waals surface area contributed by atoms with Crippen molar-refractivity contribution < 1.29 is 9.59 Å². The van der Waals surface area contributed by atoms with Gasteiger partial charge in [-0.05, 0) is 50.2 Å². The molecule has 2 bridgehead atoms. The van der Waals surface area contributed by atoms with Crippen molar-refractivity contribution in [2.24, 2.45) is 23.7 Å². The van der Waals surface area contributed by atoms with E-state index in [0.717, 1.165) is 30.5 Å². The first-order valence-electron chi connectivity index (χ1n) is 8.11. The van der Waals surface area contributed by atoms with Gasteiger partial charge >= 0.3 is 0 Å². The van der Waals surface area contributed by atoms with Crippen LogP contribution in [0.4, 0.5) is 5.69 Å². The maximum atomic E-state index is 12.6. The predicted octanol–water partition coefficient (Wildman–Crippen LogP) is 3.56. The highest BCUT2D eigenvalue weighted by molar-refractivity contribution is 6.22. The summed E-state index contributed by atoms with van der Waals surface area (Å²) in [5, 5.41) is 0. The van der Waals surface area contributed by atoms with Crippen LogP contribution in [0.2, 0.25) is 0 Å². The van der Waals surface area contributed by atoms with Crippen LogP contribution in [0.15, 0.2) is 24.3 Å². The molecule has 3 heteroatoms. The number of nitrogens with zero attached hydrogens (tertiary/aromatic N) is 1. The molecule has 0 aromatic heterocycles. The van der Waals surface area contributed by atoms with Gasteiger partial charge < -0.3 is 0 Å². The molecule has 1 aliphatic heterocycles. The lowest BCUT2D eigenvalue weighted by Crippen LogP contribution is -2.32. The molecule has 2 aliphatic carbocycles. The van der Waals surface area contributed by atoms with Gasteiger partial charge in [0.05, 0.1) is 17.5 Å². The fraction of sp³-hybridized carbons (Fsp3) is 0.556. The highest BCUT2D eigenvalue weighted by Gasteiger charge is 2.61. The fourth-order valence-corrected chi connectivity index (χ4v) is 4.36. The molecule has 3 aliphatic rings. The van der Waals surface area contributed by atoms with E-state index in [1.54, 1.807) is 0 Å². The molecule has 1 saturated heterocycles. The lowest BCUT2D eigenvalue weighted by Gasteiger charge is -2.19. The van der Waals surface area contributed by atoms with Crippen LogP contribution in [0.3, 0.4) is 0 Å². The number of aryl methyl sites for hydroxylation is 1. The Morgan fingerprint density at radius 2 is 1.38 bits per heavy atom. The van der Waals surface area contributed by atoms with E-state index in [1.165, 1.54) is 4.90 Å². The van der Waals surface area contributed by atoms with Crippen LogP contribution in [-0.4, -0.2) is 11.8 Å². The Bertz CT molecular complexity index is 535. The third-order valence-electron chi connectivity index (χ3n) is 5.22. The van der Waals surface area contributed by atoms with Gasteiger partial charge in [-0.3, -0.25) is 14.5 Å². The van der Waals surface area contributed by atoms with Crippen molar-refractivity contribution in [2.75, 3.05) is 4.90 Å². The Morgan fingerprint density at radius 1 is 0.905 bits per heavy atom. The van der Waals surface area contributed by atoms with Crippen LogP contribution in [0.1, 0.15) is 38.7 Å². The van der Waals surface area contributed by atoms with Gasteiger partial charge in [0.15, 0.2) is 0 Å². The van der Waals surface area contributed by atoms with Crippen molar-refractivity contribution in [3.8, 4) is 0 Å². The summed E-state index contributed by atoms with van der Waals surface area (Å²) < 4.78 is 0. The van der Waals surface area contributed by atoms with Gasteiger partial charge in [0.2, 0.25) is 11.8 Å². The molecule has 1 aromatic rings. The highest BCUT2D eigenvalue weighted by atomic mass is 16.2. The molecule has 3 nitrogen and oxygen atoms in total. The van der Waals surface area contributed by atoms with Crippen molar-refractivity contribution in [3.63, 3.8) is 0 Å². The molecule has 1 heterocycles. The van der Waals surface area contributed by atoms with Crippen molar-refractivity contribution in [3.05, 3.63) is 29.8 Å². The third kappa shape index (κ3) is 2.02. The van der Waals surface area contributed by atoms with Crippen LogP contribution in [0.25, 0.3) is 0 Å². The number of hydrogen-bond acceptors (Lipinski definition) is 2. The summed E-state index contributed by atoms with van der Waals surface area (Å²) in [7, 11) is 0. The van der Waals surface area contributed by atoms with Gasteiger partial charge in [0.1, 0.15) is 0 Å². The zero-order chi connectivity index (χ0) is 15.1. The molecule has 0 radical (unpaired) electrons. The van der Waals surface area contributed by atoms with Crippen molar-refractivity contribution in [1.29, 1.82) is 0 Å². The Hall–Kier alpha value is -1.64. The van der Waals surface area contributed by atoms with Crippen LogP contribution in [0.5, 0.6) is 0 Å². The van der Waals surface area contributed by atoms with E-state index >= 15 is 0 Å². The molecule has 21 heavy (non-hydrogen) atoms. The monoisotopic (exact) mass is 285 g/mol. The van der Waals surface area contributed by atoms with Crippen LogP contribution in [0, 0.1) is 30.6 Å². The van der Waals surface area contributed by atoms with E-state index in [1.807, 2.05) is 45.0 Å². The molecule has 112 valence electrons. The van der Waals surface area contributed by atoms with Crippen molar-refractivity contribution >= 4 is 17.5 Å². The molecule has 0 N–H and O–H groups in total. The van der Waals surface area contributed by atoms with E-state index in [4.69, 9.17) is 0 Å². The molecule has 4 atom stereocenters. The summed E-state index contributed by atoms with van der Waals surface area (Å²) in [5.74, 6) is 0.973. The van der Waals surface area contributed by atoms with Crippen molar-refractivity contribution in [1.82, 2.24) is 0 Å². The Balaban J connectivity index is 0.000000636. The second-order valence-corrected chi connectivity index (χ2v) is 6.23. The second-order valence-electron chi connectivity index (χ2n) is 6.23. The van der Waals surface area contributed by atoms with E-state index in [2.05, 4.69) is 0 Å². The fourth-order valence-electron chi connectivity index (χ4n) is 4.36. The van der Waals surface area contributed by atoms with E-state index in [9.17, 15) is 9.59 Å². The standard InChI is InChI=1S/C16H17NO2.C2H6/c1-9-2-6-12(7-3-9)17-15(18)13-10-4-5-11(8-10)14(13)16(17)19;1-2/h2-3,6-7,10-11,13-14H,4-5,8H2,1H3;1-2H3. The minimum atomic E-state index is -0.0208. The molecule has 2 saturated carbocycles. The summed E-state index contributed by atoms with van der Waals surface area (Å²) in [6.45, 7) is 6.01. The van der Waals surface area contributed by atoms with Gasteiger partial charge in [0.25, 0.3) is 0 Å². The van der Waals surface area contributed by atoms with Crippen LogP contribution < -0.4 is 4.90 Å². The number of amides is 2. The number of anilines is 1. The average molecular weight is 285 g/mol. The van der Waals surface area contributed by atoms with E-state index < -0.39 is 0 Å². The van der Waals surface area contributed by atoms with Gasteiger partial charge in [-0.15, -0.1) is 0 Å². The maximum absolute atomic E-state index is 12.6. The first kappa shape index (κ1) is 14.3. The lowest BCUT2D eigenvalue weighted by atomic mass is 9.81. The van der Waals surface area contributed by atoms with E-state index in [-0.39, 0.29) is 23.7 Å². The number of rotatable bonds is 1. The number of imide groups is 1. The Kier molecular flexibility index (Phi) is 3.60. The van der Waals surface area contributed by atoms with Crippen LogP contribution in [-0.2, 0) is 9.59 Å². The van der Waals surface area contributed by atoms with Crippen LogP contribution >= 0.6 is 0 Å². The number of benzene rings is 1. The first-order valence-corrected chi connectivity index (χ1v) is 8.11. The normalized spacial score (nSPS) is 33.0. The van der Waals surface area contributed by atoms with Gasteiger partial charge in [-0.25, -0.2) is 0 Å². The summed E-state index contributed by atoms with van der Waals surface area (Å²) >= 11 is 0. The number of hydrogen-bond donors (Lipinski definition) is 0. The van der Waals surface area contributed by atoms with Gasteiger partial charge in [0, 0.05) is 0 Å². The molecular weight excluding hydrogens is 262 g/mol. The minimum Gasteiger partial charge on any atom is -0.274 e. The number of carbonyl (C=O) groups excluding carboxylic acids is 2. The van der Waals surface area contributed by atoms with E-state index in [0.29, 0.717) is 11.8 Å². The number of carbonyl (C=O) groups is 2. The Labute approximate surface area is 126 Å². The summed E-state index contributed by atoms with van der Waals surface area (Å²) in [6.07, 6.45) is 3.35. The average Bonchev–Trinajstić information content (AvgIpc) is 3.17. The first-order chi connectivity index (χ1) is 10.2. The lowest BCUT2D eigenvalue weighted by molar-refractivity contribution is -0.123. The SMILES string of the molecule is CC.Cc1ccc(N2C(=O)C3C4CCC(C4)C3C2=O)cc1. The molecule has 2 amide bonds. The quantitative estimate of drug-likeness (QED) is 0.740. The van der Waals surface area contributed by atoms with Gasteiger partial charge in [-0.2, -0.15) is 0 Å². The summed E-state index contributed by atoms with van der Waals surface area (Å²) in [5.41, 5.74) is 1.89. The zero-order valence-corrected chi connectivity index (χ0v) is 13.0. The molecule has 4 rings (SSSR count). The smallest absolute Gasteiger partial charge is 0.237 e. The summed E-state index contributed by atoms with van der Waals surface area (Å²) in [6, 6.07) is 7.68. The maximum Gasteiger partial charge on any atom is 0.237 e.